The smallest absolute Gasteiger partial charge is 0.142 e. The van der Waals surface area contributed by atoms with Gasteiger partial charge in [0.1, 0.15) is 11.4 Å². The van der Waals surface area contributed by atoms with Crippen LogP contribution in [0.3, 0.4) is 0 Å². The van der Waals surface area contributed by atoms with Crippen molar-refractivity contribution in [2.75, 3.05) is 0 Å². The van der Waals surface area contributed by atoms with E-state index < -0.39 is 0 Å². The van der Waals surface area contributed by atoms with Crippen LogP contribution in [0.2, 0.25) is 0 Å². The zero-order valence-corrected chi connectivity index (χ0v) is 15.5. The van der Waals surface area contributed by atoms with Gasteiger partial charge in [-0.2, -0.15) is 0 Å². The predicted octanol–water partition coefficient (Wildman–Crippen LogP) is 6.30. The molecule has 0 spiro atoms. The summed E-state index contributed by atoms with van der Waals surface area (Å²) in [7, 11) is 0. The Kier molecular flexibility index (Phi) is 4.31. The molecule has 0 saturated heterocycles. The van der Waals surface area contributed by atoms with E-state index in [0.717, 1.165) is 18.6 Å². The van der Waals surface area contributed by atoms with Crippen LogP contribution in [0.5, 0.6) is 0 Å². The maximum atomic E-state index is 6.54. The molecule has 0 aliphatic carbocycles. The minimum atomic E-state index is -0.174. The minimum Gasteiger partial charge on any atom is -0.481 e. The Balaban J connectivity index is 2.16. The van der Waals surface area contributed by atoms with Crippen molar-refractivity contribution in [2.45, 2.75) is 39.2 Å². The van der Waals surface area contributed by atoms with Gasteiger partial charge in [0, 0.05) is 11.1 Å². The summed E-state index contributed by atoms with van der Waals surface area (Å²) in [4.78, 5) is 0. The van der Waals surface area contributed by atoms with Crippen molar-refractivity contribution in [1.82, 2.24) is 0 Å². The van der Waals surface area contributed by atoms with E-state index in [2.05, 4.69) is 91.9 Å². The highest BCUT2D eigenvalue weighted by Crippen LogP contribution is 2.50. The van der Waals surface area contributed by atoms with Gasteiger partial charge < -0.3 is 4.74 Å². The number of halogens is 1. The monoisotopic (exact) mass is 404 g/mol. The molecule has 1 heterocycles. The average molecular weight is 404 g/mol. The molecule has 1 aliphatic heterocycles. The van der Waals surface area contributed by atoms with Crippen molar-refractivity contribution in [3.05, 3.63) is 70.8 Å². The summed E-state index contributed by atoms with van der Waals surface area (Å²) in [5.74, 6) is 1.03. The molecular formula is C20H21IO. The fraction of sp³-hybridized carbons (Fsp3) is 0.300. The number of aryl methyl sites for hydroxylation is 1. The second kappa shape index (κ2) is 6.07. The van der Waals surface area contributed by atoms with Crippen molar-refractivity contribution < 1.29 is 4.74 Å². The van der Waals surface area contributed by atoms with E-state index >= 15 is 0 Å². The number of hydrogen-bond acceptors (Lipinski definition) is 1. The average Bonchev–Trinajstić information content (AvgIpc) is 2.90. The number of rotatable bonds is 3. The molecule has 0 saturated carbocycles. The zero-order valence-electron chi connectivity index (χ0n) is 13.3. The quantitative estimate of drug-likeness (QED) is 0.546. The van der Waals surface area contributed by atoms with Crippen molar-refractivity contribution in [1.29, 1.82) is 0 Å². The first-order chi connectivity index (χ1) is 10.6. The van der Waals surface area contributed by atoms with Crippen molar-refractivity contribution in [3.8, 4) is 0 Å². The number of ether oxygens (including phenoxy) is 1. The van der Waals surface area contributed by atoms with E-state index in [1.807, 2.05) is 0 Å². The molecule has 0 fully saturated rings. The lowest BCUT2D eigenvalue weighted by atomic mass is 9.87. The molecule has 3 rings (SSSR count). The highest BCUT2D eigenvalue weighted by Gasteiger charge is 2.41. The number of benzene rings is 2. The summed E-state index contributed by atoms with van der Waals surface area (Å²) in [6.45, 7) is 6.54. The van der Waals surface area contributed by atoms with Crippen molar-refractivity contribution >= 4 is 31.9 Å². The summed E-state index contributed by atoms with van der Waals surface area (Å²) >= 11 is 2.42. The third-order valence-electron chi connectivity index (χ3n) is 4.61. The van der Waals surface area contributed by atoms with Crippen LogP contribution in [-0.4, -0.2) is 0 Å². The van der Waals surface area contributed by atoms with Crippen molar-refractivity contribution in [3.63, 3.8) is 0 Å². The van der Waals surface area contributed by atoms with Gasteiger partial charge >= 0.3 is 0 Å². The topological polar surface area (TPSA) is 9.23 Å². The largest absolute Gasteiger partial charge is 0.481 e. The molecule has 0 aromatic heterocycles. The predicted molar refractivity (Wildman–Crippen MR) is 102 cm³/mol. The highest BCUT2D eigenvalue weighted by atomic mass is 127. The lowest BCUT2D eigenvalue weighted by Crippen LogP contribution is -2.22. The second-order valence-electron chi connectivity index (χ2n) is 5.86. The fourth-order valence-corrected chi connectivity index (χ4v) is 3.91. The van der Waals surface area contributed by atoms with Gasteiger partial charge in [-0.05, 0) is 47.9 Å². The molecule has 0 bridgehead atoms. The SMILES string of the molecule is CCC1(CC)O/C(=C(\I)c2ccc(C)cc2)c2ccccc21. The van der Waals surface area contributed by atoms with Gasteiger partial charge in [0.2, 0.25) is 0 Å². The molecule has 0 amide bonds. The lowest BCUT2D eigenvalue weighted by molar-refractivity contribution is 0.0442. The van der Waals surface area contributed by atoms with Crippen LogP contribution in [0.1, 0.15) is 48.9 Å². The Hall–Kier alpha value is -1.29. The molecule has 0 atom stereocenters. The second-order valence-corrected chi connectivity index (χ2v) is 6.94. The summed E-state index contributed by atoms with van der Waals surface area (Å²) in [6, 6.07) is 17.3. The first-order valence-electron chi connectivity index (χ1n) is 7.87. The Morgan fingerprint density at radius 3 is 2.27 bits per heavy atom. The number of hydrogen-bond donors (Lipinski definition) is 0. The Bertz CT molecular complexity index is 709. The van der Waals surface area contributed by atoms with Gasteiger partial charge in [-0.3, -0.25) is 0 Å². The van der Waals surface area contributed by atoms with Gasteiger partial charge in [0.05, 0.1) is 3.58 Å². The number of fused-ring (bicyclic) bond motifs is 1. The van der Waals surface area contributed by atoms with Crippen LogP contribution < -0.4 is 0 Å². The molecular weight excluding hydrogens is 383 g/mol. The van der Waals surface area contributed by atoms with Crippen molar-refractivity contribution in [2.24, 2.45) is 0 Å². The summed E-state index contributed by atoms with van der Waals surface area (Å²) in [6.07, 6.45) is 1.98. The third kappa shape index (κ3) is 2.47. The Labute approximate surface area is 146 Å². The molecule has 2 heteroatoms. The van der Waals surface area contributed by atoms with Crippen LogP contribution in [0.25, 0.3) is 9.34 Å². The minimum absolute atomic E-state index is 0.174. The third-order valence-corrected chi connectivity index (χ3v) is 5.72. The van der Waals surface area contributed by atoms with Gasteiger partial charge in [0.15, 0.2) is 0 Å². The Morgan fingerprint density at radius 2 is 1.64 bits per heavy atom. The van der Waals surface area contributed by atoms with E-state index in [-0.39, 0.29) is 5.60 Å². The van der Waals surface area contributed by atoms with E-state index in [4.69, 9.17) is 4.74 Å². The Morgan fingerprint density at radius 1 is 1.00 bits per heavy atom. The normalized spacial score (nSPS) is 17.8. The maximum absolute atomic E-state index is 6.54. The molecule has 22 heavy (non-hydrogen) atoms. The van der Waals surface area contributed by atoms with Gasteiger partial charge in [-0.1, -0.05) is 67.9 Å². The van der Waals surface area contributed by atoms with E-state index in [9.17, 15) is 0 Å². The van der Waals surface area contributed by atoms with Crippen LogP contribution in [0.15, 0.2) is 48.5 Å². The van der Waals surface area contributed by atoms with Crippen LogP contribution in [0.4, 0.5) is 0 Å². The van der Waals surface area contributed by atoms with Gasteiger partial charge in [-0.15, -0.1) is 0 Å². The first kappa shape index (κ1) is 15.6. The molecule has 2 aromatic rings. The van der Waals surface area contributed by atoms with E-state index in [1.54, 1.807) is 0 Å². The standard InChI is InChI=1S/C20H21IO/c1-4-20(5-2)17-9-7-6-8-16(17)19(22-20)18(21)15-12-10-14(3)11-13-15/h6-13H,4-5H2,1-3H3/b19-18-. The molecule has 0 N–H and O–H groups in total. The maximum Gasteiger partial charge on any atom is 0.142 e. The van der Waals surface area contributed by atoms with Gasteiger partial charge in [0.25, 0.3) is 0 Å². The molecule has 114 valence electrons. The molecule has 2 aromatic carbocycles. The molecule has 0 unspecified atom stereocenters. The van der Waals surface area contributed by atoms with Crippen LogP contribution >= 0.6 is 22.6 Å². The zero-order chi connectivity index (χ0) is 15.7. The molecule has 1 aliphatic rings. The summed E-state index contributed by atoms with van der Waals surface area (Å²) in [5, 5.41) is 0. The van der Waals surface area contributed by atoms with Crippen LogP contribution in [-0.2, 0) is 10.3 Å². The molecule has 0 radical (unpaired) electrons. The summed E-state index contributed by atoms with van der Waals surface area (Å²) < 4.78 is 7.73. The summed E-state index contributed by atoms with van der Waals surface area (Å²) in [5.41, 5.74) is 4.90. The fourth-order valence-electron chi connectivity index (χ4n) is 3.15. The highest BCUT2D eigenvalue weighted by molar-refractivity contribution is 14.1. The lowest BCUT2D eigenvalue weighted by Gasteiger charge is -2.27. The van der Waals surface area contributed by atoms with E-state index in [0.29, 0.717) is 0 Å². The van der Waals surface area contributed by atoms with Crippen LogP contribution in [0, 0.1) is 6.92 Å². The molecule has 1 nitrogen and oxygen atoms in total. The first-order valence-corrected chi connectivity index (χ1v) is 8.95. The van der Waals surface area contributed by atoms with Gasteiger partial charge in [-0.25, -0.2) is 0 Å². The van der Waals surface area contributed by atoms with E-state index in [1.165, 1.54) is 25.8 Å².